The smallest absolute Gasteiger partial charge is 0.290 e. The van der Waals surface area contributed by atoms with Gasteiger partial charge in [-0.15, -0.1) is 0 Å². The van der Waals surface area contributed by atoms with Crippen LogP contribution in [0.15, 0.2) is 52.4 Å². The van der Waals surface area contributed by atoms with Crippen molar-refractivity contribution in [1.29, 1.82) is 0 Å². The van der Waals surface area contributed by atoms with Crippen LogP contribution >= 0.6 is 11.8 Å². The van der Waals surface area contributed by atoms with Gasteiger partial charge in [0.1, 0.15) is 5.78 Å². The number of nitro groups is 2. The molecule has 0 bridgehead atoms. The maximum absolute atomic E-state index is 11.9. The number of ketones is 1. The predicted molar refractivity (Wildman–Crippen MR) is 109 cm³/mol. The molecule has 1 atom stereocenters. The summed E-state index contributed by atoms with van der Waals surface area (Å²) >= 11 is 1.12. The molecule has 3 rings (SSSR count). The number of aromatic nitrogens is 1. The number of H-pyrrole nitrogens is 1. The second-order valence-corrected chi connectivity index (χ2v) is 7.45. The second-order valence-electron chi connectivity index (χ2n) is 6.40. The molecule has 0 radical (unpaired) electrons. The fourth-order valence-electron chi connectivity index (χ4n) is 3.08. The molecule has 1 unspecified atom stereocenters. The minimum absolute atomic E-state index is 0.0185. The number of rotatable bonds is 8. The molecule has 150 valence electrons. The Hall–Kier alpha value is -3.24. The van der Waals surface area contributed by atoms with E-state index in [0.717, 1.165) is 34.3 Å². The Labute approximate surface area is 169 Å². The zero-order valence-electron chi connectivity index (χ0n) is 15.7. The number of nitro benzene ring substituents is 2. The van der Waals surface area contributed by atoms with Gasteiger partial charge in [-0.1, -0.05) is 30.0 Å². The van der Waals surface area contributed by atoms with Crippen molar-refractivity contribution in [3.63, 3.8) is 0 Å². The Bertz CT molecular complexity index is 1110. The summed E-state index contributed by atoms with van der Waals surface area (Å²) in [5, 5.41) is 27.0. The van der Waals surface area contributed by atoms with Gasteiger partial charge in [-0.25, -0.2) is 0 Å². The monoisotopic (exact) mass is 414 g/mol. The lowest BCUT2D eigenvalue weighted by Gasteiger charge is -2.13. The normalized spacial score (nSPS) is 12.1. The molecule has 0 aliphatic rings. The molecule has 0 spiro atoms. The molecule has 0 aliphatic heterocycles. The lowest BCUT2D eigenvalue weighted by molar-refractivity contribution is -0.396. The molecule has 0 aliphatic carbocycles. The molecule has 0 saturated carbocycles. The summed E-state index contributed by atoms with van der Waals surface area (Å²) in [4.78, 5) is 36.6. The first kappa shape index (κ1) is 20.5. The van der Waals surface area contributed by atoms with Crippen molar-refractivity contribution in [3.8, 4) is 0 Å². The Morgan fingerprint density at radius 3 is 2.52 bits per heavy atom. The minimum Gasteiger partial charge on any atom is -0.349 e. The van der Waals surface area contributed by atoms with Crippen LogP contribution in [0.25, 0.3) is 10.9 Å². The Balaban J connectivity index is 2.09. The Morgan fingerprint density at radius 2 is 1.90 bits per heavy atom. The zero-order chi connectivity index (χ0) is 21.1. The number of benzene rings is 2. The van der Waals surface area contributed by atoms with Crippen LogP contribution in [0.3, 0.4) is 0 Å². The van der Waals surface area contributed by atoms with E-state index in [1.165, 1.54) is 19.1 Å². The highest BCUT2D eigenvalue weighted by molar-refractivity contribution is 7.99. The van der Waals surface area contributed by atoms with E-state index in [9.17, 15) is 25.0 Å². The maximum atomic E-state index is 11.9. The van der Waals surface area contributed by atoms with E-state index < -0.39 is 15.9 Å². The largest absolute Gasteiger partial charge is 0.349 e. The van der Waals surface area contributed by atoms with Gasteiger partial charge < -0.3 is 10.3 Å². The van der Waals surface area contributed by atoms with Gasteiger partial charge in [0.25, 0.3) is 11.4 Å². The molecule has 10 heteroatoms. The number of non-ortho nitro benzene ring substituents is 1. The third kappa shape index (κ3) is 4.28. The van der Waals surface area contributed by atoms with Gasteiger partial charge >= 0.3 is 0 Å². The number of likely N-dealkylation sites (N-methyl/N-ethyl adjacent to an activating group) is 1. The first-order chi connectivity index (χ1) is 13.8. The third-order valence-electron chi connectivity index (χ3n) is 4.58. The van der Waals surface area contributed by atoms with Crippen molar-refractivity contribution in [3.05, 3.63) is 68.3 Å². The number of aromatic amines is 1. The van der Waals surface area contributed by atoms with Crippen LogP contribution in [0.1, 0.15) is 12.5 Å². The average Bonchev–Trinajstić information content (AvgIpc) is 3.02. The number of nitrogens with zero attached hydrogens (tertiary/aromatic N) is 2. The highest BCUT2D eigenvalue weighted by Gasteiger charge is 2.24. The number of fused-ring (bicyclic) bond motifs is 1. The standard InChI is InChI=1S/C19H18N4O5S/c1-11(24)16(20-2)10-14-13-5-3-4-6-15(13)21-19(14)29-18-8-7-12(22(25)26)9-17(18)23(27)28/h3-9,16,20-21H,10H2,1-2H3. The molecular weight excluding hydrogens is 396 g/mol. The van der Waals surface area contributed by atoms with Crippen molar-refractivity contribution in [2.75, 3.05) is 7.05 Å². The van der Waals surface area contributed by atoms with Gasteiger partial charge in [-0.05, 0) is 38.1 Å². The predicted octanol–water partition coefficient (Wildman–Crippen LogP) is 3.86. The zero-order valence-corrected chi connectivity index (χ0v) is 16.5. The molecule has 9 nitrogen and oxygen atoms in total. The molecule has 3 aromatic rings. The SMILES string of the molecule is CNC(Cc1c(Sc2ccc([N+](=O)[O-])cc2[N+](=O)[O-])[nH]c2ccccc12)C(C)=O. The van der Waals surface area contributed by atoms with Crippen LogP contribution in [0, 0.1) is 20.2 Å². The molecule has 2 N–H and O–H groups in total. The molecular formula is C19H18N4O5S. The lowest BCUT2D eigenvalue weighted by atomic mass is 10.0. The van der Waals surface area contributed by atoms with Gasteiger partial charge in [-0.2, -0.15) is 0 Å². The van der Waals surface area contributed by atoms with Crippen LogP contribution in [-0.4, -0.2) is 33.7 Å². The summed E-state index contributed by atoms with van der Waals surface area (Å²) in [6.45, 7) is 1.50. The van der Waals surface area contributed by atoms with E-state index in [1.807, 2.05) is 24.3 Å². The van der Waals surface area contributed by atoms with E-state index in [4.69, 9.17) is 0 Å². The van der Waals surface area contributed by atoms with E-state index in [2.05, 4.69) is 10.3 Å². The number of para-hydroxylation sites is 1. The fourth-order valence-corrected chi connectivity index (χ4v) is 4.15. The van der Waals surface area contributed by atoms with Gasteiger partial charge in [0.2, 0.25) is 0 Å². The van der Waals surface area contributed by atoms with Crippen LogP contribution in [0.2, 0.25) is 0 Å². The molecule has 1 aromatic heterocycles. The molecule has 0 saturated heterocycles. The van der Waals surface area contributed by atoms with Gasteiger partial charge in [0.05, 0.1) is 31.9 Å². The van der Waals surface area contributed by atoms with Crippen molar-refractivity contribution in [2.45, 2.75) is 29.3 Å². The summed E-state index contributed by atoms with van der Waals surface area (Å²) in [5.74, 6) is -0.0185. The quantitative estimate of drug-likeness (QED) is 0.423. The number of nitrogens with one attached hydrogen (secondary N) is 2. The van der Waals surface area contributed by atoms with Crippen molar-refractivity contribution < 1.29 is 14.6 Å². The maximum Gasteiger partial charge on any atom is 0.290 e. The van der Waals surface area contributed by atoms with E-state index >= 15 is 0 Å². The highest BCUT2D eigenvalue weighted by Crippen LogP contribution is 2.40. The Morgan fingerprint density at radius 1 is 1.17 bits per heavy atom. The number of Topliss-reactive ketones (excluding diaryl/α,β-unsaturated/α-hetero) is 1. The van der Waals surface area contributed by atoms with Gasteiger partial charge in [-0.3, -0.25) is 25.0 Å². The molecule has 2 aromatic carbocycles. The first-order valence-electron chi connectivity index (χ1n) is 8.69. The van der Waals surface area contributed by atoms with Crippen LogP contribution in [-0.2, 0) is 11.2 Å². The molecule has 0 fully saturated rings. The summed E-state index contributed by atoms with van der Waals surface area (Å²) < 4.78 is 0. The first-order valence-corrected chi connectivity index (χ1v) is 9.51. The van der Waals surface area contributed by atoms with Gasteiger partial charge in [0, 0.05) is 17.0 Å². The average molecular weight is 414 g/mol. The number of hydrogen-bond acceptors (Lipinski definition) is 7. The Kier molecular flexibility index (Phi) is 5.95. The van der Waals surface area contributed by atoms with E-state index in [1.54, 1.807) is 7.05 Å². The van der Waals surface area contributed by atoms with Crippen LogP contribution in [0.5, 0.6) is 0 Å². The summed E-state index contributed by atoms with van der Waals surface area (Å²) in [6, 6.07) is 10.7. The number of hydrogen-bond donors (Lipinski definition) is 2. The molecule has 0 amide bonds. The summed E-state index contributed by atoms with van der Waals surface area (Å²) in [6.07, 6.45) is 0.402. The topological polar surface area (TPSA) is 131 Å². The highest BCUT2D eigenvalue weighted by atomic mass is 32.2. The van der Waals surface area contributed by atoms with E-state index in [-0.39, 0.29) is 22.1 Å². The fraction of sp³-hybridized carbons (Fsp3) is 0.211. The molecule has 1 heterocycles. The van der Waals surface area contributed by atoms with E-state index in [0.29, 0.717) is 11.4 Å². The third-order valence-corrected chi connectivity index (χ3v) is 5.70. The number of carbonyl (C=O) groups excluding carboxylic acids is 1. The lowest BCUT2D eigenvalue weighted by Crippen LogP contribution is -2.34. The summed E-state index contributed by atoms with van der Waals surface area (Å²) in [5.41, 5.74) is 1.01. The van der Waals surface area contributed by atoms with Crippen molar-refractivity contribution in [2.24, 2.45) is 0 Å². The van der Waals surface area contributed by atoms with Crippen LogP contribution in [0.4, 0.5) is 11.4 Å². The second kappa shape index (κ2) is 8.41. The summed E-state index contributed by atoms with van der Waals surface area (Å²) in [7, 11) is 1.70. The van der Waals surface area contributed by atoms with Crippen LogP contribution < -0.4 is 5.32 Å². The minimum atomic E-state index is -0.666. The van der Waals surface area contributed by atoms with Gasteiger partial charge in [0.15, 0.2) is 0 Å². The molecule has 29 heavy (non-hydrogen) atoms. The van der Waals surface area contributed by atoms with Crippen molar-refractivity contribution >= 4 is 39.8 Å². The number of carbonyl (C=O) groups is 1. The van der Waals surface area contributed by atoms with Crippen molar-refractivity contribution in [1.82, 2.24) is 10.3 Å².